The van der Waals surface area contributed by atoms with Crippen LogP contribution in [0.1, 0.15) is 0 Å². The molecule has 0 bridgehead atoms. The fraction of sp³-hybridized carbons (Fsp3) is 0.833. The summed E-state index contributed by atoms with van der Waals surface area (Å²) in [6, 6.07) is 0. The van der Waals surface area contributed by atoms with Gasteiger partial charge in [0, 0.05) is 0 Å². The molecule has 3 nitrogen and oxygen atoms in total. The third-order valence-electron chi connectivity index (χ3n) is 1.90. The minimum atomic E-state index is -4.68. The smallest absolute Gasteiger partial charge is 0.378 e. The van der Waals surface area contributed by atoms with E-state index in [1.165, 1.54) is 0 Å². The van der Waals surface area contributed by atoms with E-state index in [1.54, 1.807) is 0 Å². The number of rotatable bonds is 1. The summed E-state index contributed by atoms with van der Waals surface area (Å²) in [5.74, 6) is -0.968. The first-order valence-corrected chi connectivity index (χ1v) is 3.96. The summed E-state index contributed by atoms with van der Waals surface area (Å²) < 4.78 is 36.0. The van der Waals surface area contributed by atoms with E-state index in [0.717, 1.165) is 4.90 Å². The average molecular weight is 218 g/mol. The Morgan fingerprint density at radius 1 is 1.54 bits per heavy atom. The van der Waals surface area contributed by atoms with E-state index in [0.29, 0.717) is 0 Å². The normalized spacial score (nSPS) is 21.2. The number of carbonyl (C=O) groups is 1. The third kappa shape index (κ3) is 1.73. The number of carbonyl (C=O) groups excluding carboxylic acids is 1. The molecule has 1 amide bonds. The maximum absolute atomic E-state index is 12.0. The van der Waals surface area contributed by atoms with Crippen LogP contribution in [0.3, 0.4) is 0 Å². The highest BCUT2D eigenvalue weighted by molar-refractivity contribution is 6.27. The Hall–Kier alpha value is -0.490. The van der Waals surface area contributed by atoms with Gasteiger partial charge >= 0.3 is 6.18 Å². The van der Waals surface area contributed by atoms with Crippen LogP contribution in [0, 0.1) is 0 Å². The quantitative estimate of drug-likeness (QED) is 0.645. The van der Waals surface area contributed by atoms with Crippen LogP contribution in [-0.2, 0) is 4.79 Å². The highest BCUT2D eigenvalue weighted by Crippen LogP contribution is 2.37. The van der Waals surface area contributed by atoms with Crippen LogP contribution in [-0.4, -0.2) is 46.7 Å². The Kier molecular flexibility index (Phi) is 2.46. The fourth-order valence-corrected chi connectivity index (χ4v) is 1.19. The van der Waals surface area contributed by atoms with Crippen molar-refractivity contribution in [3.63, 3.8) is 0 Å². The molecule has 0 unspecified atom stereocenters. The summed E-state index contributed by atoms with van der Waals surface area (Å²) in [5, 5.41) is 8.90. The average Bonchev–Trinajstić information content (AvgIpc) is 1.95. The first kappa shape index (κ1) is 10.6. The molecule has 0 saturated carbocycles. The lowest BCUT2D eigenvalue weighted by molar-refractivity contribution is -0.297. The monoisotopic (exact) mass is 217 g/mol. The molecule has 76 valence electrons. The standard InChI is InChI=1S/C6H7ClF3NO2/c7-1-4(12)11-2-5(13,3-11)6(8,9)10/h13H,1-3H2. The van der Waals surface area contributed by atoms with Crippen molar-refractivity contribution in [2.75, 3.05) is 19.0 Å². The summed E-state index contributed by atoms with van der Waals surface area (Å²) in [6.07, 6.45) is -4.68. The van der Waals surface area contributed by atoms with E-state index in [4.69, 9.17) is 16.7 Å². The van der Waals surface area contributed by atoms with Crippen molar-refractivity contribution in [3.8, 4) is 0 Å². The van der Waals surface area contributed by atoms with Crippen molar-refractivity contribution in [1.82, 2.24) is 4.90 Å². The van der Waals surface area contributed by atoms with Gasteiger partial charge in [0.05, 0.1) is 13.1 Å². The van der Waals surface area contributed by atoms with Gasteiger partial charge in [0.15, 0.2) is 5.60 Å². The van der Waals surface area contributed by atoms with Crippen molar-refractivity contribution >= 4 is 17.5 Å². The zero-order valence-corrected chi connectivity index (χ0v) is 7.19. The molecule has 1 rings (SSSR count). The highest BCUT2D eigenvalue weighted by Gasteiger charge is 2.61. The Balaban J connectivity index is 2.53. The topological polar surface area (TPSA) is 40.5 Å². The molecule has 1 N–H and O–H groups in total. The maximum atomic E-state index is 12.0. The molecule has 1 aliphatic rings. The molecule has 0 aromatic heterocycles. The van der Waals surface area contributed by atoms with E-state index in [9.17, 15) is 18.0 Å². The highest BCUT2D eigenvalue weighted by atomic mass is 35.5. The van der Waals surface area contributed by atoms with E-state index >= 15 is 0 Å². The minimum absolute atomic E-state index is 0.367. The zero-order chi connectivity index (χ0) is 10.3. The largest absolute Gasteiger partial charge is 0.420 e. The summed E-state index contributed by atoms with van der Waals surface area (Å²) in [6.45, 7) is -1.44. The van der Waals surface area contributed by atoms with E-state index < -0.39 is 30.8 Å². The maximum Gasteiger partial charge on any atom is 0.420 e. The Labute approximate surface area is 77.1 Å². The lowest BCUT2D eigenvalue weighted by Gasteiger charge is -2.46. The van der Waals surface area contributed by atoms with Crippen molar-refractivity contribution in [2.45, 2.75) is 11.8 Å². The van der Waals surface area contributed by atoms with E-state index in [2.05, 4.69) is 0 Å². The molecule has 0 atom stereocenters. The molecular weight excluding hydrogens is 211 g/mol. The van der Waals surface area contributed by atoms with Crippen LogP contribution in [0.4, 0.5) is 13.2 Å². The van der Waals surface area contributed by atoms with Gasteiger partial charge in [-0.1, -0.05) is 0 Å². The molecule has 0 spiro atoms. The lowest BCUT2D eigenvalue weighted by Crippen LogP contribution is -2.70. The van der Waals surface area contributed by atoms with Crippen LogP contribution in [0.5, 0.6) is 0 Å². The molecule has 0 aliphatic carbocycles. The Morgan fingerprint density at radius 2 is 2.00 bits per heavy atom. The van der Waals surface area contributed by atoms with Crippen LogP contribution >= 0.6 is 11.6 Å². The van der Waals surface area contributed by atoms with Crippen molar-refractivity contribution < 1.29 is 23.1 Å². The van der Waals surface area contributed by atoms with Crippen molar-refractivity contribution in [1.29, 1.82) is 0 Å². The molecule has 13 heavy (non-hydrogen) atoms. The number of hydrogen-bond acceptors (Lipinski definition) is 2. The van der Waals surface area contributed by atoms with Gasteiger partial charge in [-0.3, -0.25) is 4.79 Å². The summed E-state index contributed by atoms with van der Waals surface area (Å²) in [7, 11) is 0. The predicted octanol–water partition coefficient (Wildman–Crippen LogP) is 0.361. The SMILES string of the molecule is O=C(CCl)N1CC(O)(C(F)(F)F)C1. The number of β-amino-alcohol motifs (C(OH)–C–C–N with tert-alkyl or cyclic N) is 1. The molecule has 1 heterocycles. The van der Waals surface area contributed by atoms with Crippen molar-refractivity contribution in [2.24, 2.45) is 0 Å². The number of nitrogens with zero attached hydrogens (tertiary/aromatic N) is 1. The van der Waals surface area contributed by atoms with Crippen LogP contribution in [0.25, 0.3) is 0 Å². The minimum Gasteiger partial charge on any atom is -0.378 e. The first-order valence-electron chi connectivity index (χ1n) is 3.43. The second-order valence-electron chi connectivity index (χ2n) is 2.91. The Bertz CT molecular complexity index is 224. The van der Waals surface area contributed by atoms with Crippen LogP contribution in [0.2, 0.25) is 0 Å². The van der Waals surface area contributed by atoms with E-state index in [-0.39, 0.29) is 5.88 Å². The number of hydrogen-bond donors (Lipinski definition) is 1. The van der Waals surface area contributed by atoms with Gasteiger partial charge in [-0.2, -0.15) is 13.2 Å². The molecule has 0 radical (unpaired) electrons. The second kappa shape index (κ2) is 3.02. The van der Waals surface area contributed by atoms with Gasteiger partial charge in [0.2, 0.25) is 5.91 Å². The number of amides is 1. The molecule has 1 fully saturated rings. The molecule has 0 aromatic carbocycles. The Morgan fingerprint density at radius 3 is 2.31 bits per heavy atom. The van der Waals surface area contributed by atoms with Gasteiger partial charge in [0.1, 0.15) is 5.88 Å². The predicted molar refractivity (Wildman–Crippen MR) is 38.3 cm³/mol. The van der Waals surface area contributed by atoms with Gasteiger partial charge in [-0.15, -0.1) is 11.6 Å². The van der Waals surface area contributed by atoms with E-state index in [1.807, 2.05) is 0 Å². The lowest BCUT2D eigenvalue weighted by atomic mass is 9.93. The number of aliphatic hydroxyl groups is 1. The van der Waals surface area contributed by atoms with Gasteiger partial charge in [0.25, 0.3) is 0 Å². The molecule has 0 aromatic rings. The van der Waals surface area contributed by atoms with Crippen LogP contribution in [0.15, 0.2) is 0 Å². The van der Waals surface area contributed by atoms with Crippen LogP contribution < -0.4 is 0 Å². The molecule has 1 saturated heterocycles. The zero-order valence-electron chi connectivity index (χ0n) is 6.44. The number of alkyl halides is 4. The fourth-order valence-electron chi connectivity index (χ4n) is 1.03. The second-order valence-corrected chi connectivity index (χ2v) is 3.18. The van der Waals surface area contributed by atoms with Crippen molar-refractivity contribution in [3.05, 3.63) is 0 Å². The molecule has 1 aliphatic heterocycles. The number of likely N-dealkylation sites (tertiary alicyclic amines) is 1. The molecule has 7 heteroatoms. The molecular formula is C6H7ClF3NO2. The van der Waals surface area contributed by atoms with Gasteiger partial charge in [-0.25, -0.2) is 0 Å². The summed E-state index contributed by atoms with van der Waals surface area (Å²) >= 11 is 5.11. The summed E-state index contributed by atoms with van der Waals surface area (Å²) in [5.41, 5.74) is -2.74. The van der Waals surface area contributed by atoms with Gasteiger partial charge < -0.3 is 10.0 Å². The van der Waals surface area contributed by atoms with Gasteiger partial charge in [-0.05, 0) is 0 Å². The number of halogens is 4. The summed E-state index contributed by atoms with van der Waals surface area (Å²) in [4.78, 5) is 11.6. The first-order chi connectivity index (χ1) is 5.80. The third-order valence-corrected chi connectivity index (χ3v) is 2.13.